The number of carbonyl (C=O) groups excluding carboxylic acids is 2. The normalized spacial score (nSPS) is 13.2. The Hall–Kier alpha value is -4.38. The van der Waals surface area contributed by atoms with Gasteiger partial charge in [-0.1, -0.05) is 38.5 Å². The van der Waals surface area contributed by atoms with Gasteiger partial charge in [-0.25, -0.2) is 8.78 Å². The monoisotopic (exact) mass is 677 g/mol. The number of benzene rings is 3. The SMILES string of the molecule is COc1cc2c(Oc3ccc(NC(=O)C4(C(=O)Nc5ccc(F)cc5)CC4)cc3F)ccnc2cc1OCCCCCCCCCCS. The van der Waals surface area contributed by atoms with Gasteiger partial charge in [0.05, 0.1) is 19.2 Å². The molecule has 0 radical (unpaired) electrons. The number of unbranched alkanes of at least 4 members (excludes halogenated alkanes) is 7. The lowest BCUT2D eigenvalue weighted by Gasteiger charge is -2.16. The van der Waals surface area contributed by atoms with E-state index in [1.165, 1.54) is 74.9 Å². The average molecular weight is 678 g/mol. The third-order valence-corrected chi connectivity index (χ3v) is 8.74. The van der Waals surface area contributed by atoms with Crippen molar-refractivity contribution in [1.82, 2.24) is 4.98 Å². The second-order valence-corrected chi connectivity index (χ2v) is 12.4. The molecule has 0 atom stereocenters. The molecule has 0 saturated heterocycles. The molecule has 254 valence electrons. The third kappa shape index (κ3) is 8.94. The lowest BCUT2D eigenvalue weighted by Crippen LogP contribution is -2.35. The third-order valence-electron chi connectivity index (χ3n) is 8.43. The van der Waals surface area contributed by atoms with E-state index < -0.39 is 28.9 Å². The lowest BCUT2D eigenvalue weighted by atomic mass is 10.0. The van der Waals surface area contributed by atoms with Gasteiger partial charge >= 0.3 is 0 Å². The van der Waals surface area contributed by atoms with Crippen molar-refractivity contribution in [3.8, 4) is 23.0 Å². The molecule has 1 fully saturated rings. The van der Waals surface area contributed by atoms with Crippen molar-refractivity contribution in [1.29, 1.82) is 0 Å². The summed E-state index contributed by atoms with van der Waals surface area (Å²) in [5.41, 5.74) is -0.116. The van der Waals surface area contributed by atoms with Crippen molar-refractivity contribution in [3.63, 3.8) is 0 Å². The molecule has 5 rings (SSSR count). The molecule has 0 bridgehead atoms. The molecule has 0 unspecified atom stereocenters. The fourth-order valence-corrected chi connectivity index (χ4v) is 5.67. The fourth-order valence-electron chi connectivity index (χ4n) is 5.44. The van der Waals surface area contributed by atoms with Crippen LogP contribution in [0.3, 0.4) is 0 Å². The second kappa shape index (κ2) is 16.6. The molecular formula is C37H41F2N3O5S. The van der Waals surface area contributed by atoms with Crippen molar-refractivity contribution in [2.24, 2.45) is 5.41 Å². The minimum atomic E-state index is -1.27. The number of hydrogen-bond acceptors (Lipinski definition) is 7. The first kappa shape index (κ1) is 34.9. The number of amides is 2. The molecule has 1 aliphatic carbocycles. The zero-order chi connectivity index (χ0) is 33.9. The standard InChI is InChI=1S/C37H41F2N3O5S/c1-45-33-23-28-30(24-34(33)46-20-8-6-4-2-3-5-7-9-21-48)40-19-16-31(28)47-32-15-14-27(22-29(32)39)42-36(44)37(17-18-37)35(43)41-26-12-10-25(38)11-13-26/h10-16,19,22-24,48H,2-9,17-18,20-21H2,1H3,(H,41,43)(H,42,44). The van der Waals surface area contributed by atoms with Gasteiger partial charge in [-0.2, -0.15) is 12.6 Å². The Morgan fingerprint density at radius 2 is 1.42 bits per heavy atom. The van der Waals surface area contributed by atoms with Gasteiger partial charge in [-0.15, -0.1) is 0 Å². The van der Waals surface area contributed by atoms with Crippen molar-refractivity contribution < 1.29 is 32.6 Å². The van der Waals surface area contributed by atoms with E-state index in [0.717, 1.165) is 24.7 Å². The van der Waals surface area contributed by atoms with Crippen LogP contribution in [-0.2, 0) is 9.59 Å². The summed E-state index contributed by atoms with van der Waals surface area (Å²) in [6, 6.07) is 14.5. The Morgan fingerprint density at radius 1 is 0.771 bits per heavy atom. The summed E-state index contributed by atoms with van der Waals surface area (Å²) in [5.74, 6) is 0.174. The molecule has 1 aromatic heterocycles. The maximum absolute atomic E-state index is 15.3. The molecule has 1 saturated carbocycles. The van der Waals surface area contributed by atoms with Crippen LogP contribution in [0.5, 0.6) is 23.0 Å². The summed E-state index contributed by atoms with van der Waals surface area (Å²) in [6.45, 7) is 0.561. The predicted molar refractivity (Wildman–Crippen MR) is 186 cm³/mol. The number of aromatic nitrogens is 1. The predicted octanol–water partition coefficient (Wildman–Crippen LogP) is 9.10. The van der Waals surface area contributed by atoms with E-state index in [2.05, 4.69) is 28.2 Å². The number of nitrogens with one attached hydrogen (secondary N) is 2. The van der Waals surface area contributed by atoms with Crippen molar-refractivity contribution in [2.45, 2.75) is 64.2 Å². The summed E-state index contributed by atoms with van der Waals surface area (Å²) >= 11 is 4.26. The van der Waals surface area contributed by atoms with Crippen LogP contribution in [0.2, 0.25) is 0 Å². The zero-order valence-corrected chi connectivity index (χ0v) is 27.9. The number of fused-ring (bicyclic) bond motifs is 1. The maximum atomic E-state index is 15.3. The highest BCUT2D eigenvalue weighted by atomic mass is 32.1. The maximum Gasteiger partial charge on any atom is 0.240 e. The largest absolute Gasteiger partial charge is 0.493 e. The van der Waals surface area contributed by atoms with Crippen LogP contribution in [0, 0.1) is 17.0 Å². The van der Waals surface area contributed by atoms with Crippen LogP contribution in [-0.4, -0.2) is 36.3 Å². The van der Waals surface area contributed by atoms with E-state index >= 15 is 4.39 Å². The van der Waals surface area contributed by atoms with Crippen LogP contribution >= 0.6 is 12.6 Å². The number of rotatable bonds is 18. The number of methoxy groups -OCH3 is 1. The van der Waals surface area contributed by atoms with Gasteiger partial charge in [0.2, 0.25) is 11.8 Å². The number of ether oxygens (including phenoxy) is 3. The van der Waals surface area contributed by atoms with Crippen LogP contribution in [0.1, 0.15) is 64.2 Å². The van der Waals surface area contributed by atoms with Crippen LogP contribution in [0.15, 0.2) is 66.9 Å². The first-order valence-electron chi connectivity index (χ1n) is 16.4. The zero-order valence-electron chi connectivity index (χ0n) is 27.0. The number of hydrogen-bond donors (Lipinski definition) is 3. The first-order valence-corrected chi connectivity index (χ1v) is 17.0. The molecule has 1 aliphatic rings. The Labute approximate surface area is 285 Å². The summed E-state index contributed by atoms with van der Waals surface area (Å²) in [5, 5.41) is 5.91. The van der Waals surface area contributed by atoms with Crippen molar-refractivity contribution >= 4 is 46.7 Å². The number of thiol groups is 1. The van der Waals surface area contributed by atoms with Crippen LogP contribution in [0.4, 0.5) is 20.2 Å². The minimum Gasteiger partial charge on any atom is -0.493 e. The van der Waals surface area contributed by atoms with Gasteiger partial charge in [0.25, 0.3) is 0 Å². The molecule has 3 aromatic carbocycles. The van der Waals surface area contributed by atoms with Gasteiger partial charge in [0, 0.05) is 35.1 Å². The molecule has 4 aromatic rings. The van der Waals surface area contributed by atoms with E-state index in [1.807, 2.05) is 0 Å². The number of nitrogens with zero attached hydrogens (tertiary/aromatic N) is 1. The molecule has 0 spiro atoms. The second-order valence-electron chi connectivity index (χ2n) is 12.0. The Morgan fingerprint density at radius 3 is 2.06 bits per heavy atom. The van der Waals surface area contributed by atoms with E-state index in [9.17, 15) is 14.0 Å². The smallest absolute Gasteiger partial charge is 0.240 e. The van der Waals surface area contributed by atoms with Crippen molar-refractivity contribution in [2.75, 3.05) is 30.1 Å². The Bertz CT molecular complexity index is 1720. The number of anilines is 2. The first-order chi connectivity index (χ1) is 23.3. The topological polar surface area (TPSA) is 98.8 Å². The highest BCUT2D eigenvalue weighted by molar-refractivity contribution is 7.80. The molecule has 1 heterocycles. The average Bonchev–Trinajstić information content (AvgIpc) is 3.90. The van der Waals surface area contributed by atoms with Gasteiger partial charge in [0.1, 0.15) is 17.0 Å². The fraction of sp³-hybridized carbons (Fsp3) is 0.378. The van der Waals surface area contributed by atoms with Gasteiger partial charge in [-0.3, -0.25) is 14.6 Å². The summed E-state index contributed by atoms with van der Waals surface area (Å²) in [4.78, 5) is 30.4. The van der Waals surface area contributed by atoms with Crippen LogP contribution < -0.4 is 24.8 Å². The summed E-state index contributed by atoms with van der Waals surface area (Å²) in [7, 11) is 1.56. The van der Waals surface area contributed by atoms with E-state index in [0.29, 0.717) is 53.3 Å². The van der Waals surface area contributed by atoms with Crippen LogP contribution in [0.25, 0.3) is 10.9 Å². The highest BCUT2D eigenvalue weighted by Gasteiger charge is 2.56. The molecule has 2 amide bonds. The Kier molecular flexibility index (Phi) is 12.1. The van der Waals surface area contributed by atoms with E-state index in [1.54, 1.807) is 31.5 Å². The molecule has 2 N–H and O–H groups in total. The van der Waals surface area contributed by atoms with E-state index in [-0.39, 0.29) is 11.4 Å². The quantitative estimate of drug-likeness (QED) is 0.0552. The molecule has 48 heavy (non-hydrogen) atoms. The molecule has 11 heteroatoms. The van der Waals surface area contributed by atoms with Gasteiger partial charge < -0.3 is 24.8 Å². The molecular weight excluding hydrogens is 636 g/mol. The Balaban J connectivity index is 1.18. The highest BCUT2D eigenvalue weighted by Crippen LogP contribution is 2.47. The molecule has 0 aliphatic heterocycles. The summed E-state index contributed by atoms with van der Waals surface area (Å²) in [6.07, 6.45) is 11.7. The molecule has 8 nitrogen and oxygen atoms in total. The number of pyridine rings is 1. The lowest BCUT2D eigenvalue weighted by molar-refractivity contribution is -0.131. The van der Waals surface area contributed by atoms with E-state index in [4.69, 9.17) is 14.2 Å². The van der Waals surface area contributed by atoms with Gasteiger partial charge in [0.15, 0.2) is 23.1 Å². The summed E-state index contributed by atoms with van der Waals surface area (Å²) < 4.78 is 46.1. The number of halogens is 2. The van der Waals surface area contributed by atoms with Gasteiger partial charge in [-0.05, 0) is 80.0 Å². The minimum absolute atomic E-state index is 0.0586. The van der Waals surface area contributed by atoms with Crippen molar-refractivity contribution in [3.05, 3.63) is 78.5 Å². The number of carbonyl (C=O) groups is 2.